The van der Waals surface area contributed by atoms with E-state index in [1.165, 1.54) is 11.1 Å². The molecule has 4 heteroatoms. The number of aromatic nitrogens is 1. The second-order valence-corrected chi connectivity index (χ2v) is 4.76. The van der Waals surface area contributed by atoms with Crippen molar-refractivity contribution in [3.63, 3.8) is 0 Å². The van der Waals surface area contributed by atoms with Gasteiger partial charge in [-0.25, -0.2) is 4.98 Å². The summed E-state index contributed by atoms with van der Waals surface area (Å²) >= 11 is 0. The number of pyridine rings is 1. The fourth-order valence-corrected chi connectivity index (χ4v) is 2.25. The number of amides is 1. The maximum Gasteiger partial charge on any atom is 0.263 e. The minimum Gasteiger partial charge on any atom is -0.480 e. The molecule has 19 heavy (non-hydrogen) atoms. The van der Waals surface area contributed by atoms with Gasteiger partial charge in [0.15, 0.2) is 18.2 Å². The highest BCUT2D eigenvalue weighted by Crippen LogP contribution is 2.29. The molecule has 1 aromatic heterocycles. The third-order valence-electron chi connectivity index (χ3n) is 2.99. The lowest BCUT2D eigenvalue weighted by Gasteiger charge is -2.17. The molecule has 0 aliphatic carbocycles. The highest BCUT2D eigenvalue weighted by atomic mass is 16.5. The van der Waals surface area contributed by atoms with Crippen LogP contribution in [0.1, 0.15) is 11.1 Å². The Balaban J connectivity index is 2.06. The van der Waals surface area contributed by atoms with Gasteiger partial charge in [-0.3, -0.25) is 4.79 Å². The first kappa shape index (κ1) is 11.7. The number of nitrogens with one attached hydrogen (secondary N) is 1. The lowest BCUT2D eigenvalue weighted by atomic mass is 10.0. The van der Waals surface area contributed by atoms with Crippen LogP contribution in [0.3, 0.4) is 0 Å². The Morgan fingerprint density at radius 3 is 2.63 bits per heavy atom. The van der Waals surface area contributed by atoms with E-state index in [4.69, 9.17) is 4.74 Å². The number of rotatable bonds is 1. The smallest absolute Gasteiger partial charge is 0.263 e. The van der Waals surface area contributed by atoms with Gasteiger partial charge in [0.1, 0.15) is 0 Å². The molecule has 1 aliphatic heterocycles. The Bertz CT molecular complexity index is 645. The average molecular weight is 254 g/mol. The molecule has 1 aromatic carbocycles. The molecule has 1 amide bonds. The zero-order valence-corrected chi connectivity index (χ0v) is 10.9. The van der Waals surface area contributed by atoms with E-state index in [1.807, 2.05) is 12.1 Å². The maximum absolute atomic E-state index is 11.3. The van der Waals surface area contributed by atoms with Gasteiger partial charge in [0.2, 0.25) is 0 Å². The molecule has 0 saturated heterocycles. The number of anilines is 1. The molecule has 2 aromatic rings. The van der Waals surface area contributed by atoms with Crippen LogP contribution in [-0.2, 0) is 4.79 Å². The molecule has 0 atom stereocenters. The Morgan fingerprint density at radius 2 is 1.89 bits per heavy atom. The summed E-state index contributed by atoms with van der Waals surface area (Å²) < 4.78 is 5.30. The molecule has 0 bridgehead atoms. The van der Waals surface area contributed by atoms with E-state index in [0.29, 0.717) is 11.6 Å². The van der Waals surface area contributed by atoms with Crippen molar-refractivity contribution in [2.45, 2.75) is 13.8 Å². The van der Waals surface area contributed by atoms with Crippen molar-refractivity contribution in [1.29, 1.82) is 0 Å². The largest absolute Gasteiger partial charge is 0.480 e. The number of benzene rings is 1. The van der Waals surface area contributed by atoms with Crippen molar-refractivity contribution in [2.75, 3.05) is 11.9 Å². The van der Waals surface area contributed by atoms with Gasteiger partial charge in [-0.15, -0.1) is 0 Å². The van der Waals surface area contributed by atoms with E-state index in [9.17, 15) is 4.79 Å². The molecule has 0 fully saturated rings. The summed E-state index contributed by atoms with van der Waals surface area (Å²) in [6.07, 6.45) is 0. The van der Waals surface area contributed by atoms with Gasteiger partial charge in [0, 0.05) is 5.56 Å². The number of carbonyl (C=O) groups is 1. The van der Waals surface area contributed by atoms with Crippen molar-refractivity contribution in [3.8, 4) is 17.0 Å². The number of aryl methyl sites for hydroxylation is 2. The van der Waals surface area contributed by atoms with E-state index < -0.39 is 0 Å². The number of carbonyl (C=O) groups excluding carboxylic acids is 1. The quantitative estimate of drug-likeness (QED) is 0.851. The van der Waals surface area contributed by atoms with Crippen molar-refractivity contribution in [2.24, 2.45) is 0 Å². The van der Waals surface area contributed by atoms with Crippen LogP contribution in [0.5, 0.6) is 5.75 Å². The normalized spacial score (nSPS) is 13.5. The maximum atomic E-state index is 11.3. The summed E-state index contributed by atoms with van der Waals surface area (Å²) in [4.78, 5) is 15.8. The van der Waals surface area contributed by atoms with Crippen LogP contribution in [0.4, 0.5) is 5.82 Å². The molecule has 2 heterocycles. The zero-order valence-electron chi connectivity index (χ0n) is 10.9. The third-order valence-corrected chi connectivity index (χ3v) is 2.99. The monoisotopic (exact) mass is 254 g/mol. The number of nitrogens with zero attached hydrogens (tertiary/aromatic N) is 1. The van der Waals surface area contributed by atoms with E-state index in [-0.39, 0.29) is 12.5 Å². The predicted molar refractivity (Wildman–Crippen MR) is 73.3 cm³/mol. The van der Waals surface area contributed by atoms with E-state index in [2.05, 4.69) is 42.3 Å². The van der Waals surface area contributed by atoms with E-state index in [1.54, 1.807) is 0 Å². The molecule has 96 valence electrons. The zero-order chi connectivity index (χ0) is 13.4. The molecule has 0 unspecified atom stereocenters. The van der Waals surface area contributed by atoms with Crippen molar-refractivity contribution in [3.05, 3.63) is 41.5 Å². The van der Waals surface area contributed by atoms with Crippen LogP contribution in [0.2, 0.25) is 0 Å². The Morgan fingerprint density at radius 1 is 1.16 bits per heavy atom. The molecule has 3 rings (SSSR count). The highest BCUT2D eigenvalue weighted by Gasteiger charge is 2.17. The van der Waals surface area contributed by atoms with Crippen molar-refractivity contribution >= 4 is 11.7 Å². The van der Waals surface area contributed by atoms with Crippen LogP contribution < -0.4 is 10.1 Å². The molecular weight excluding hydrogens is 240 g/mol. The molecule has 0 spiro atoms. The molecule has 1 N–H and O–H groups in total. The first-order valence-electron chi connectivity index (χ1n) is 6.14. The SMILES string of the molecule is Cc1cc(C)cc(-c2ccc3c(n2)NC(=O)CO3)c1. The predicted octanol–water partition coefficient (Wildman–Crippen LogP) is 2.70. The van der Waals surface area contributed by atoms with Crippen LogP contribution in [-0.4, -0.2) is 17.5 Å². The lowest BCUT2D eigenvalue weighted by Crippen LogP contribution is -2.26. The van der Waals surface area contributed by atoms with Crippen molar-refractivity contribution in [1.82, 2.24) is 4.98 Å². The molecular formula is C15H14N2O2. The first-order valence-corrected chi connectivity index (χ1v) is 6.14. The van der Waals surface area contributed by atoms with Crippen molar-refractivity contribution < 1.29 is 9.53 Å². The number of fused-ring (bicyclic) bond motifs is 1. The summed E-state index contributed by atoms with van der Waals surface area (Å²) in [7, 11) is 0. The number of hydrogen-bond donors (Lipinski definition) is 1. The summed E-state index contributed by atoms with van der Waals surface area (Å²) in [6.45, 7) is 4.16. The van der Waals surface area contributed by atoms with Gasteiger partial charge in [0.05, 0.1) is 5.69 Å². The Labute approximate surface area is 111 Å². The van der Waals surface area contributed by atoms with Gasteiger partial charge in [-0.2, -0.15) is 0 Å². The van der Waals surface area contributed by atoms with Gasteiger partial charge in [0.25, 0.3) is 5.91 Å². The third kappa shape index (κ3) is 2.29. The van der Waals surface area contributed by atoms with Gasteiger partial charge in [-0.05, 0) is 38.1 Å². The fourth-order valence-electron chi connectivity index (χ4n) is 2.25. The first-order chi connectivity index (χ1) is 9.11. The van der Waals surface area contributed by atoms with Gasteiger partial charge < -0.3 is 10.1 Å². The van der Waals surface area contributed by atoms with Crippen LogP contribution in [0.25, 0.3) is 11.3 Å². The minimum atomic E-state index is -0.169. The lowest BCUT2D eigenvalue weighted by molar-refractivity contribution is -0.118. The Kier molecular flexibility index (Phi) is 2.71. The molecule has 1 aliphatic rings. The number of ether oxygens (including phenoxy) is 1. The van der Waals surface area contributed by atoms with Crippen LogP contribution in [0.15, 0.2) is 30.3 Å². The second-order valence-electron chi connectivity index (χ2n) is 4.76. The Hall–Kier alpha value is -2.36. The molecule has 4 nitrogen and oxygen atoms in total. The van der Waals surface area contributed by atoms with Crippen LogP contribution in [0, 0.1) is 13.8 Å². The highest BCUT2D eigenvalue weighted by molar-refractivity contribution is 5.94. The number of hydrogen-bond acceptors (Lipinski definition) is 3. The average Bonchev–Trinajstić information content (AvgIpc) is 2.36. The second kappa shape index (κ2) is 4.39. The van der Waals surface area contributed by atoms with E-state index in [0.717, 1.165) is 11.3 Å². The summed E-state index contributed by atoms with van der Waals surface area (Å²) in [5, 5.41) is 2.72. The van der Waals surface area contributed by atoms with E-state index >= 15 is 0 Å². The molecule has 0 saturated carbocycles. The summed E-state index contributed by atoms with van der Waals surface area (Å²) in [5.74, 6) is 0.943. The molecule has 0 radical (unpaired) electrons. The van der Waals surface area contributed by atoms with Crippen LogP contribution >= 0.6 is 0 Å². The van der Waals surface area contributed by atoms with Gasteiger partial charge in [-0.1, -0.05) is 17.2 Å². The van der Waals surface area contributed by atoms with Gasteiger partial charge >= 0.3 is 0 Å². The fraction of sp³-hybridized carbons (Fsp3) is 0.200. The summed E-state index contributed by atoms with van der Waals surface area (Å²) in [6, 6.07) is 10.0. The topological polar surface area (TPSA) is 51.2 Å². The minimum absolute atomic E-state index is 0.0532. The summed E-state index contributed by atoms with van der Waals surface area (Å²) in [5.41, 5.74) is 4.25. The standard InChI is InChI=1S/C15H14N2O2/c1-9-5-10(2)7-11(6-9)12-3-4-13-15(16-12)17-14(18)8-19-13/h3-7H,8H2,1-2H3,(H,16,17,18).